The number of rotatable bonds is 5. The Hall–Kier alpha value is -0.590. The van der Waals surface area contributed by atoms with Crippen molar-refractivity contribution in [3.8, 4) is 0 Å². The highest BCUT2D eigenvalue weighted by atomic mass is 16.1. The van der Waals surface area contributed by atoms with Gasteiger partial charge < -0.3 is 0 Å². The molecule has 7 atom stereocenters. The van der Waals surface area contributed by atoms with E-state index in [2.05, 4.69) is 41.5 Å². The highest BCUT2D eigenvalue weighted by molar-refractivity contribution is 5.79. The lowest BCUT2D eigenvalue weighted by molar-refractivity contribution is -0.127. The van der Waals surface area contributed by atoms with E-state index in [0.717, 1.165) is 48.9 Å². The zero-order valence-corrected chi connectivity index (χ0v) is 20.2. The first-order chi connectivity index (χ1) is 13.7. The topological polar surface area (TPSA) is 17.1 Å². The van der Waals surface area contributed by atoms with Crippen molar-refractivity contribution < 1.29 is 4.79 Å². The van der Waals surface area contributed by atoms with E-state index in [-0.39, 0.29) is 0 Å². The largest absolute Gasteiger partial charge is 0.300 e. The Bertz CT molecular complexity index is 672. The maximum atomic E-state index is 12.1. The SMILES string of the molecule is CC(C)[C@@H](C)CC[C@@H](C)[C@@H]1CCC2=C3CC[C@H]4CC(=O)CC[C@]4(C)[C@H]3CC[C@]21C. The third kappa shape index (κ3) is 3.57. The van der Waals surface area contributed by atoms with Gasteiger partial charge >= 0.3 is 0 Å². The van der Waals surface area contributed by atoms with Gasteiger partial charge in [0.2, 0.25) is 0 Å². The van der Waals surface area contributed by atoms with Crippen molar-refractivity contribution in [2.45, 2.75) is 112 Å². The van der Waals surface area contributed by atoms with E-state index < -0.39 is 0 Å². The molecular formula is C28H46O. The number of hydrogen-bond acceptors (Lipinski definition) is 1. The Balaban J connectivity index is 1.54. The number of Topliss-reactive ketones (excluding diaryl/α,β-unsaturated/α-hetero) is 1. The summed E-state index contributed by atoms with van der Waals surface area (Å²) in [6.45, 7) is 15.0. The first kappa shape index (κ1) is 21.6. The molecule has 0 N–H and O–H groups in total. The molecule has 4 aliphatic carbocycles. The quantitative estimate of drug-likeness (QED) is 0.429. The van der Waals surface area contributed by atoms with Crippen molar-refractivity contribution in [3.05, 3.63) is 11.1 Å². The van der Waals surface area contributed by atoms with Gasteiger partial charge in [-0.1, -0.05) is 65.5 Å². The van der Waals surface area contributed by atoms with Gasteiger partial charge in [-0.2, -0.15) is 0 Å². The number of fused-ring (bicyclic) bond motifs is 4. The van der Waals surface area contributed by atoms with Crippen LogP contribution >= 0.6 is 0 Å². The molecule has 29 heavy (non-hydrogen) atoms. The predicted molar refractivity (Wildman–Crippen MR) is 123 cm³/mol. The molecule has 0 amide bonds. The summed E-state index contributed by atoms with van der Waals surface area (Å²) in [4.78, 5) is 12.1. The van der Waals surface area contributed by atoms with Crippen molar-refractivity contribution in [1.29, 1.82) is 0 Å². The molecule has 0 aromatic heterocycles. The number of allylic oxidation sites excluding steroid dienone is 2. The van der Waals surface area contributed by atoms with Crippen LogP contribution in [-0.4, -0.2) is 5.78 Å². The Morgan fingerprint density at radius 3 is 2.41 bits per heavy atom. The Kier molecular flexibility index (Phi) is 5.84. The van der Waals surface area contributed by atoms with Crippen molar-refractivity contribution in [2.24, 2.45) is 46.3 Å². The normalized spacial score (nSPS) is 41.8. The molecule has 1 heteroatoms. The Labute approximate surface area is 180 Å². The van der Waals surface area contributed by atoms with Crippen LogP contribution in [0.4, 0.5) is 0 Å². The van der Waals surface area contributed by atoms with Gasteiger partial charge in [0.05, 0.1) is 0 Å². The van der Waals surface area contributed by atoms with Gasteiger partial charge in [0, 0.05) is 12.8 Å². The zero-order chi connectivity index (χ0) is 21.0. The lowest BCUT2D eigenvalue weighted by atomic mass is 9.49. The number of hydrogen-bond donors (Lipinski definition) is 0. The standard InChI is InChI=1S/C28H46O/c1-18(2)19(3)7-8-20(4)24-11-12-25-23-10-9-21-17-22(29)13-15-27(21,5)26(23)14-16-28(24,25)6/h18-21,24,26H,7-17H2,1-6H3/t19-,20+,21-,24-,26-,27-,28-/m0/s1. The van der Waals surface area contributed by atoms with Gasteiger partial charge in [-0.15, -0.1) is 0 Å². The van der Waals surface area contributed by atoms with Gasteiger partial charge in [0.1, 0.15) is 5.78 Å². The molecule has 0 aromatic carbocycles. The maximum absolute atomic E-state index is 12.1. The molecule has 0 bridgehead atoms. The Morgan fingerprint density at radius 1 is 0.931 bits per heavy atom. The smallest absolute Gasteiger partial charge is 0.133 e. The molecular weight excluding hydrogens is 352 g/mol. The van der Waals surface area contributed by atoms with E-state index in [4.69, 9.17) is 0 Å². The first-order valence-electron chi connectivity index (χ1n) is 12.9. The third-order valence-corrected chi connectivity index (χ3v) is 10.8. The molecule has 4 rings (SSSR count). The number of carbonyl (C=O) groups is 1. The average molecular weight is 399 g/mol. The van der Waals surface area contributed by atoms with Crippen LogP contribution in [-0.2, 0) is 4.79 Å². The molecule has 0 spiro atoms. The fourth-order valence-electron chi connectivity index (χ4n) is 8.29. The molecule has 0 unspecified atom stereocenters. The van der Waals surface area contributed by atoms with Crippen LogP contribution in [0.3, 0.4) is 0 Å². The van der Waals surface area contributed by atoms with Crippen LogP contribution in [0.2, 0.25) is 0 Å². The highest BCUT2D eigenvalue weighted by Crippen LogP contribution is 2.65. The monoisotopic (exact) mass is 398 g/mol. The minimum absolute atomic E-state index is 0.409. The van der Waals surface area contributed by atoms with Gasteiger partial charge in [-0.05, 0) is 91.3 Å². The van der Waals surface area contributed by atoms with Gasteiger partial charge in [0.15, 0.2) is 0 Å². The fraction of sp³-hybridized carbons (Fsp3) is 0.893. The summed E-state index contributed by atoms with van der Waals surface area (Å²) < 4.78 is 0. The molecule has 0 aromatic rings. The lowest BCUT2D eigenvalue weighted by Gasteiger charge is -2.56. The van der Waals surface area contributed by atoms with Gasteiger partial charge in [-0.25, -0.2) is 0 Å². The molecule has 4 aliphatic rings. The van der Waals surface area contributed by atoms with Crippen LogP contribution in [0.5, 0.6) is 0 Å². The molecule has 3 saturated carbocycles. The van der Waals surface area contributed by atoms with Crippen molar-refractivity contribution in [1.82, 2.24) is 0 Å². The summed E-state index contributed by atoms with van der Waals surface area (Å²) in [5.41, 5.74) is 4.67. The minimum atomic E-state index is 0.409. The lowest BCUT2D eigenvalue weighted by Crippen LogP contribution is -2.47. The van der Waals surface area contributed by atoms with Crippen LogP contribution in [0.25, 0.3) is 0 Å². The molecule has 164 valence electrons. The van der Waals surface area contributed by atoms with Crippen LogP contribution in [0, 0.1) is 46.3 Å². The predicted octanol–water partition coefficient (Wildman–Crippen LogP) is 7.99. The highest BCUT2D eigenvalue weighted by Gasteiger charge is 2.55. The summed E-state index contributed by atoms with van der Waals surface area (Å²) in [6.07, 6.45) is 13.9. The van der Waals surface area contributed by atoms with Gasteiger partial charge in [-0.3, -0.25) is 4.79 Å². The summed E-state index contributed by atoms with van der Waals surface area (Å²) in [5.74, 6) is 5.40. The molecule has 0 saturated heterocycles. The second kappa shape index (κ2) is 7.83. The summed E-state index contributed by atoms with van der Waals surface area (Å²) in [7, 11) is 0. The maximum Gasteiger partial charge on any atom is 0.133 e. The van der Waals surface area contributed by atoms with Crippen molar-refractivity contribution >= 4 is 5.78 Å². The zero-order valence-electron chi connectivity index (χ0n) is 20.2. The van der Waals surface area contributed by atoms with Gasteiger partial charge in [0.25, 0.3) is 0 Å². The van der Waals surface area contributed by atoms with Crippen LogP contribution < -0.4 is 0 Å². The van der Waals surface area contributed by atoms with Crippen LogP contribution in [0.1, 0.15) is 112 Å². The summed E-state index contributed by atoms with van der Waals surface area (Å²) in [6, 6.07) is 0. The molecule has 0 radical (unpaired) electrons. The second-order valence-corrected chi connectivity index (χ2v) is 12.4. The minimum Gasteiger partial charge on any atom is -0.300 e. The van der Waals surface area contributed by atoms with E-state index in [1.54, 1.807) is 0 Å². The fourth-order valence-corrected chi connectivity index (χ4v) is 8.29. The second-order valence-electron chi connectivity index (χ2n) is 12.4. The van der Waals surface area contributed by atoms with E-state index in [1.165, 1.54) is 51.4 Å². The van der Waals surface area contributed by atoms with E-state index in [1.807, 2.05) is 11.1 Å². The average Bonchev–Trinajstić information content (AvgIpc) is 3.03. The molecule has 0 aliphatic heterocycles. The van der Waals surface area contributed by atoms with Crippen molar-refractivity contribution in [3.63, 3.8) is 0 Å². The van der Waals surface area contributed by atoms with Crippen molar-refractivity contribution in [2.75, 3.05) is 0 Å². The summed E-state index contributed by atoms with van der Waals surface area (Å²) in [5, 5.41) is 0. The molecule has 1 nitrogen and oxygen atoms in total. The van der Waals surface area contributed by atoms with E-state index >= 15 is 0 Å². The van der Waals surface area contributed by atoms with E-state index in [9.17, 15) is 4.79 Å². The number of carbonyl (C=O) groups excluding carboxylic acids is 1. The summed E-state index contributed by atoms with van der Waals surface area (Å²) >= 11 is 0. The van der Waals surface area contributed by atoms with E-state index in [0.29, 0.717) is 22.5 Å². The third-order valence-electron chi connectivity index (χ3n) is 10.8. The Morgan fingerprint density at radius 2 is 1.69 bits per heavy atom. The first-order valence-corrected chi connectivity index (χ1v) is 12.9. The molecule has 0 heterocycles. The van der Waals surface area contributed by atoms with Crippen LogP contribution in [0.15, 0.2) is 11.1 Å². The number of ketones is 1. The molecule has 3 fully saturated rings.